The summed E-state index contributed by atoms with van der Waals surface area (Å²) in [5.74, 6) is 1.70. The number of nitrogens with zero attached hydrogens (tertiary/aromatic N) is 2. The fourth-order valence-corrected chi connectivity index (χ4v) is 5.32. The van der Waals surface area contributed by atoms with Crippen molar-refractivity contribution in [3.05, 3.63) is 100 Å². The second-order valence-corrected chi connectivity index (χ2v) is 9.87. The van der Waals surface area contributed by atoms with E-state index in [0.717, 1.165) is 11.3 Å². The Balaban J connectivity index is 1.41. The average molecular weight is 567 g/mol. The van der Waals surface area contributed by atoms with Crippen molar-refractivity contribution in [1.29, 1.82) is 0 Å². The number of benzene rings is 2. The van der Waals surface area contributed by atoms with Crippen molar-refractivity contribution in [3.63, 3.8) is 0 Å². The summed E-state index contributed by atoms with van der Waals surface area (Å²) >= 11 is 18.2. The predicted molar refractivity (Wildman–Crippen MR) is 153 cm³/mol. The van der Waals surface area contributed by atoms with E-state index in [1.165, 1.54) is 0 Å². The van der Waals surface area contributed by atoms with Gasteiger partial charge in [0.15, 0.2) is 5.11 Å². The number of halogens is 2. The lowest BCUT2D eigenvalue weighted by molar-refractivity contribution is -0.116. The summed E-state index contributed by atoms with van der Waals surface area (Å²) in [4.78, 5) is 19.4. The molecule has 2 N–H and O–H groups in total. The van der Waals surface area contributed by atoms with Crippen LogP contribution in [-0.4, -0.2) is 34.6 Å². The molecule has 5 rings (SSSR count). The molecule has 1 amide bonds. The summed E-state index contributed by atoms with van der Waals surface area (Å²) in [5, 5.41) is 7.83. The fraction of sp³-hybridized carbons (Fsp3) is 0.179. The van der Waals surface area contributed by atoms with E-state index in [0.29, 0.717) is 44.7 Å². The lowest BCUT2D eigenvalue weighted by Gasteiger charge is -2.26. The largest absolute Gasteiger partial charge is 0.495 e. The van der Waals surface area contributed by atoms with Crippen LogP contribution in [0.5, 0.6) is 5.75 Å². The van der Waals surface area contributed by atoms with Crippen LogP contribution in [0.25, 0.3) is 11.3 Å². The van der Waals surface area contributed by atoms with E-state index >= 15 is 0 Å². The van der Waals surface area contributed by atoms with Crippen LogP contribution < -0.4 is 15.4 Å². The highest BCUT2D eigenvalue weighted by Gasteiger charge is 2.41. The first kappa shape index (κ1) is 26.0. The van der Waals surface area contributed by atoms with Crippen LogP contribution >= 0.6 is 35.4 Å². The summed E-state index contributed by atoms with van der Waals surface area (Å²) in [7, 11) is 1.57. The van der Waals surface area contributed by atoms with Crippen LogP contribution in [0.1, 0.15) is 30.0 Å². The number of anilines is 1. The zero-order valence-electron chi connectivity index (χ0n) is 20.4. The third-order valence-electron chi connectivity index (χ3n) is 6.27. The third-order valence-corrected chi connectivity index (χ3v) is 7.17. The molecule has 194 valence electrons. The van der Waals surface area contributed by atoms with E-state index in [2.05, 4.69) is 15.6 Å². The molecule has 1 aliphatic rings. The van der Waals surface area contributed by atoms with Crippen LogP contribution in [0, 0.1) is 0 Å². The Morgan fingerprint density at radius 2 is 1.95 bits per heavy atom. The number of methoxy groups -OCH3 is 1. The number of furan rings is 1. The first-order valence-electron chi connectivity index (χ1n) is 11.9. The summed E-state index contributed by atoms with van der Waals surface area (Å²) in [6.07, 6.45) is 1.93. The first-order valence-corrected chi connectivity index (χ1v) is 13.1. The Morgan fingerprint density at radius 1 is 1.13 bits per heavy atom. The van der Waals surface area contributed by atoms with Gasteiger partial charge in [-0.2, -0.15) is 0 Å². The molecule has 10 heteroatoms. The number of nitrogens with one attached hydrogen (secondary N) is 2. The normalized spacial score (nSPS) is 16.8. The number of ether oxygens (including phenoxy) is 1. The number of para-hydroxylation sites is 2. The molecular formula is C28H24Cl2N4O3S. The molecule has 4 aromatic rings. The molecule has 2 atom stereocenters. The quantitative estimate of drug-likeness (QED) is 0.231. The molecule has 7 nitrogen and oxygen atoms in total. The van der Waals surface area contributed by atoms with Crippen LogP contribution in [0.4, 0.5) is 5.69 Å². The van der Waals surface area contributed by atoms with Crippen molar-refractivity contribution < 1.29 is 13.9 Å². The molecule has 1 aliphatic heterocycles. The number of rotatable bonds is 8. The van der Waals surface area contributed by atoms with E-state index in [1.54, 1.807) is 37.6 Å². The second kappa shape index (κ2) is 11.4. The number of hydrogen-bond acceptors (Lipinski definition) is 5. The van der Waals surface area contributed by atoms with Crippen molar-refractivity contribution >= 4 is 52.1 Å². The van der Waals surface area contributed by atoms with Gasteiger partial charge >= 0.3 is 0 Å². The van der Waals surface area contributed by atoms with Gasteiger partial charge in [-0.3, -0.25) is 9.78 Å². The molecule has 38 heavy (non-hydrogen) atoms. The highest BCUT2D eigenvalue weighted by Crippen LogP contribution is 2.41. The van der Waals surface area contributed by atoms with E-state index in [9.17, 15) is 4.79 Å². The Kier molecular flexibility index (Phi) is 7.83. The lowest BCUT2D eigenvalue weighted by atomic mass is 10.0. The fourth-order valence-electron chi connectivity index (χ4n) is 4.48. The van der Waals surface area contributed by atoms with Crippen molar-refractivity contribution in [3.8, 4) is 17.1 Å². The van der Waals surface area contributed by atoms with Gasteiger partial charge in [0.1, 0.15) is 23.3 Å². The second-order valence-electron chi connectivity index (χ2n) is 8.64. The van der Waals surface area contributed by atoms with Gasteiger partial charge in [0.2, 0.25) is 5.91 Å². The van der Waals surface area contributed by atoms with E-state index in [-0.39, 0.29) is 24.4 Å². The molecular weight excluding hydrogens is 543 g/mol. The van der Waals surface area contributed by atoms with Crippen molar-refractivity contribution in [2.24, 2.45) is 0 Å². The number of pyridine rings is 1. The van der Waals surface area contributed by atoms with E-state index < -0.39 is 0 Å². The predicted octanol–water partition coefficient (Wildman–Crippen LogP) is 6.66. The van der Waals surface area contributed by atoms with E-state index in [4.69, 9.17) is 44.6 Å². The molecule has 1 saturated heterocycles. The van der Waals surface area contributed by atoms with Crippen molar-refractivity contribution in [1.82, 2.24) is 15.2 Å². The molecule has 1 fully saturated rings. The highest BCUT2D eigenvalue weighted by atomic mass is 35.5. The monoisotopic (exact) mass is 566 g/mol. The maximum atomic E-state index is 12.9. The third kappa shape index (κ3) is 5.48. The molecule has 0 aliphatic carbocycles. The summed E-state index contributed by atoms with van der Waals surface area (Å²) < 4.78 is 11.7. The van der Waals surface area contributed by atoms with Gasteiger partial charge in [-0.15, -0.1) is 0 Å². The molecule has 0 saturated carbocycles. The molecule has 0 unspecified atom stereocenters. The van der Waals surface area contributed by atoms with Gasteiger partial charge in [0, 0.05) is 29.7 Å². The summed E-state index contributed by atoms with van der Waals surface area (Å²) in [6.45, 7) is 0.360. The molecule has 0 radical (unpaired) electrons. The zero-order chi connectivity index (χ0) is 26.6. The standard InChI is InChI=1S/C28H24Cl2N4O3S/c1-36-23-8-3-2-6-20(23)32-25(35)13-15-34-27(26(33-28(34)38)21-7-4-5-14-31-21)24-12-11-22(37-24)18-10-9-17(29)16-19(18)30/h2-12,14,16,26-27H,13,15H2,1H3,(H,32,35)(H,33,38)/t26-,27+/m0/s1. The summed E-state index contributed by atoms with van der Waals surface area (Å²) in [5.41, 5.74) is 2.15. The summed E-state index contributed by atoms with van der Waals surface area (Å²) in [6, 6.07) is 21.4. The molecule has 2 aromatic heterocycles. The smallest absolute Gasteiger partial charge is 0.226 e. The van der Waals surface area contributed by atoms with Gasteiger partial charge in [-0.25, -0.2) is 0 Å². The number of thiocarbonyl (C=S) groups is 1. The average Bonchev–Trinajstić information content (AvgIpc) is 3.52. The zero-order valence-corrected chi connectivity index (χ0v) is 22.7. The van der Waals surface area contributed by atoms with Crippen molar-refractivity contribution in [2.75, 3.05) is 19.0 Å². The first-order chi connectivity index (χ1) is 18.4. The molecule has 2 aromatic carbocycles. The van der Waals surface area contributed by atoms with E-state index in [1.807, 2.05) is 53.4 Å². The van der Waals surface area contributed by atoms with Gasteiger partial charge in [0.25, 0.3) is 0 Å². The minimum Gasteiger partial charge on any atom is -0.495 e. The SMILES string of the molecule is COc1ccccc1NC(=O)CCN1C(=S)N[C@@H](c2ccccn2)[C@H]1c1ccc(-c2ccc(Cl)cc2Cl)o1. The number of aromatic nitrogens is 1. The van der Waals surface area contributed by atoms with Gasteiger partial charge in [-0.05, 0) is 66.8 Å². The molecule has 0 bridgehead atoms. The van der Waals surface area contributed by atoms with Crippen LogP contribution in [-0.2, 0) is 4.79 Å². The topological polar surface area (TPSA) is 79.6 Å². The number of hydrogen-bond donors (Lipinski definition) is 2. The highest BCUT2D eigenvalue weighted by molar-refractivity contribution is 7.80. The van der Waals surface area contributed by atoms with Crippen molar-refractivity contribution in [2.45, 2.75) is 18.5 Å². The Hall–Kier alpha value is -3.59. The van der Waals surface area contributed by atoms with Crippen LogP contribution in [0.2, 0.25) is 10.0 Å². The number of carbonyl (C=O) groups excluding carboxylic acids is 1. The Labute approximate surface area is 235 Å². The van der Waals surface area contributed by atoms with Gasteiger partial charge < -0.3 is 24.7 Å². The lowest BCUT2D eigenvalue weighted by Crippen LogP contribution is -2.32. The Bertz CT molecular complexity index is 1460. The molecule has 3 heterocycles. The van der Waals surface area contributed by atoms with Gasteiger partial charge in [-0.1, -0.05) is 41.4 Å². The Morgan fingerprint density at radius 3 is 2.71 bits per heavy atom. The van der Waals surface area contributed by atoms with Crippen LogP contribution in [0.3, 0.4) is 0 Å². The minimum absolute atomic E-state index is 0.162. The molecule has 0 spiro atoms. The minimum atomic E-state index is -0.337. The number of carbonyl (C=O) groups is 1. The van der Waals surface area contributed by atoms with Crippen LogP contribution in [0.15, 0.2) is 83.4 Å². The number of amides is 1. The van der Waals surface area contributed by atoms with Gasteiger partial charge in [0.05, 0.1) is 29.6 Å². The maximum absolute atomic E-state index is 12.9. The maximum Gasteiger partial charge on any atom is 0.226 e.